The number of aryl methyl sites for hydroxylation is 1. The SMILES string of the molecule is Cc1sc(-c2ccno2)cc1S(=O)(=O)N(C)Cc1cscn1. The molecule has 3 rings (SSSR count). The number of rotatable bonds is 5. The smallest absolute Gasteiger partial charge is 0.244 e. The van der Waals surface area contributed by atoms with E-state index in [2.05, 4.69) is 10.1 Å². The summed E-state index contributed by atoms with van der Waals surface area (Å²) >= 11 is 2.81. The van der Waals surface area contributed by atoms with Crippen LogP contribution in [0.25, 0.3) is 10.6 Å². The van der Waals surface area contributed by atoms with Crippen molar-refractivity contribution < 1.29 is 12.9 Å². The second kappa shape index (κ2) is 5.92. The van der Waals surface area contributed by atoms with Gasteiger partial charge in [-0.1, -0.05) is 5.16 Å². The molecule has 3 heterocycles. The summed E-state index contributed by atoms with van der Waals surface area (Å²) < 4.78 is 31.8. The number of hydrogen-bond donors (Lipinski definition) is 0. The molecule has 0 unspecified atom stereocenters. The lowest BCUT2D eigenvalue weighted by Crippen LogP contribution is -2.26. The van der Waals surface area contributed by atoms with Gasteiger partial charge < -0.3 is 4.52 Å². The van der Waals surface area contributed by atoms with Crippen LogP contribution < -0.4 is 0 Å². The first-order chi connectivity index (χ1) is 10.5. The van der Waals surface area contributed by atoms with Crippen molar-refractivity contribution in [3.05, 3.63) is 39.8 Å². The zero-order valence-corrected chi connectivity index (χ0v) is 14.3. The van der Waals surface area contributed by atoms with Gasteiger partial charge >= 0.3 is 0 Å². The molecule has 3 aromatic heterocycles. The molecule has 9 heteroatoms. The first-order valence-corrected chi connectivity index (χ1v) is 9.53. The molecule has 0 radical (unpaired) electrons. The van der Waals surface area contributed by atoms with E-state index < -0.39 is 10.0 Å². The van der Waals surface area contributed by atoms with Gasteiger partial charge in [-0.3, -0.25) is 0 Å². The van der Waals surface area contributed by atoms with Crippen LogP contribution in [0.3, 0.4) is 0 Å². The minimum absolute atomic E-state index is 0.249. The normalized spacial score (nSPS) is 12.1. The second-order valence-corrected chi connectivity index (χ2v) is 8.64. The third-order valence-corrected chi connectivity index (χ3v) is 6.87. The molecule has 0 saturated carbocycles. The molecule has 116 valence electrons. The Labute approximate surface area is 136 Å². The first kappa shape index (κ1) is 15.3. The van der Waals surface area contributed by atoms with Gasteiger partial charge in [-0.2, -0.15) is 4.31 Å². The van der Waals surface area contributed by atoms with Crippen molar-refractivity contribution in [3.8, 4) is 10.6 Å². The van der Waals surface area contributed by atoms with Gasteiger partial charge in [0.05, 0.1) is 33.7 Å². The maximum absolute atomic E-state index is 12.7. The van der Waals surface area contributed by atoms with Crippen molar-refractivity contribution in [1.82, 2.24) is 14.4 Å². The molecule has 0 aliphatic carbocycles. The lowest BCUT2D eigenvalue weighted by molar-refractivity contribution is 0.433. The van der Waals surface area contributed by atoms with Crippen LogP contribution in [0.1, 0.15) is 10.6 Å². The molecule has 0 aliphatic heterocycles. The van der Waals surface area contributed by atoms with Gasteiger partial charge in [0.1, 0.15) is 0 Å². The molecule has 3 aromatic rings. The molecular formula is C13H13N3O3S3. The Balaban J connectivity index is 1.92. The van der Waals surface area contributed by atoms with E-state index in [1.54, 1.807) is 31.6 Å². The third-order valence-electron chi connectivity index (χ3n) is 3.11. The summed E-state index contributed by atoms with van der Waals surface area (Å²) in [5.41, 5.74) is 2.42. The standard InChI is InChI=1S/C13H13N3O3S3/c1-9-13(5-12(21-9)11-3-4-15-19-11)22(17,18)16(2)6-10-7-20-8-14-10/h3-5,7-8H,6H2,1-2H3. The summed E-state index contributed by atoms with van der Waals surface area (Å²) in [5.74, 6) is 0.566. The third kappa shape index (κ3) is 2.84. The molecule has 0 saturated heterocycles. The highest BCUT2D eigenvalue weighted by molar-refractivity contribution is 7.89. The van der Waals surface area contributed by atoms with E-state index >= 15 is 0 Å². The van der Waals surface area contributed by atoms with Crippen LogP contribution in [0.5, 0.6) is 0 Å². The van der Waals surface area contributed by atoms with Crippen LogP contribution >= 0.6 is 22.7 Å². The predicted molar refractivity (Wildman–Crippen MR) is 85.3 cm³/mol. The number of thiazole rings is 1. The molecule has 0 amide bonds. The summed E-state index contributed by atoms with van der Waals surface area (Å²) in [6.45, 7) is 2.03. The lowest BCUT2D eigenvalue weighted by atomic mass is 10.3. The van der Waals surface area contributed by atoms with Crippen molar-refractivity contribution in [3.63, 3.8) is 0 Å². The topological polar surface area (TPSA) is 76.3 Å². The zero-order chi connectivity index (χ0) is 15.7. The highest BCUT2D eigenvalue weighted by Crippen LogP contribution is 2.34. The van der Waals surface area contributed by atoms with Gasteiger partial charge in [-0.15, -0.1) is 22.7 Å². The number of thiophene rings is 1. The molecule has 0 N–H and O–H groups in total. The van der Waals surface area contributed by atoms with E-state index in [9.17, 15) is 8.42 Å². The van der Waals surface area contributed by atoms with E-state index in [-0.39, 0.29) is 6.54 Å². The Kier molecular flexibility index (Phi) is 4.13. The summed E-state index contributed by atoms with van der Waals surface area (Å²) in [5, 5.41) is 5.49. The Morgan fingerprint density at radius 3 is 2.86 bits per heavy atom. The summed E-state index contributed by atoms with van der Waals surface area (Å²) in [6, 6.07) is 3.34. The van der Waals surface area contributed by atoms with Gasteiger partial charge in [-0.05, 0) is 13.0 Å². The maximum atomic E-state index is 12.7. The average Bonchev–Trinajstić information content (AvgIpc) is 3.18. The largest absolute Gasteiger partial charge is 0.355 e. The van der Waals surface area contributed by atoms with E-state index in [1.165, 1.54) is 33.2 Å². The quantitative estimate of drug-likeness (QED) is 0.703. The van der Waals surface area contributed by atoms with Crippen molar-refractivity contribution in [2.75, 3.05) is 7.05 Å². The van der Waals surface area contributed by atoms with Crippen molar-refractivity contribution >= 4 is 32.7 Å². The summed E-state index contributed by atoms with van der Waals surface area (Å²) in [7, 11) is -2.01. The molecule has 0 aliphatic rings. The Morgan fingerprint density at radius 2 is 2.23 bits per heavy atom. The van der Waals surface area contributed by atoms with Crippen molar-refractivity contribution in [2.24, 2.45) is 0 Å². The first-order valence-electron chi connectivity index (χ1n) is 6.33. The van der Waals surface area contributed by atoms with Crippen LogP contribution in [0.2, 0.25) is 0 Å². The van der Waals surface area contributed by atoms with Crippen LogP contribution in [-0.4, -0.2) is 29.9 Å². The molecule has 0 spiro atoms. The van der Waals surface area contributed by atoms with Crippen molar-refractivity contribution in [1.29, 1.82) is 0 Å². The monoisotopic (exact) mass is 355 g/mol. The Bertz CT molecular complexity index is 852. The second-order valence-electron chi connectivity index (χ2n) is 4.65. The highest BCUT2D eigenvalue weighted by atomic mass is 32.2. The molecule has 0 fully saturated rings. The van der Waals surface area contributed by atoms with Gasteiger partial charge in [0, 0.05) is 23.4 Å². The van der Waals surface area contributed by atoms with Crippen LogP contribution in [0.15, 0.2) is 38.6 Å². The highest BCUT2D eigenvalue weighted by Gasteiger charge is 2.26. The predicted octanol–water partition coefficient (Wildman–Crippen LogP) is 2.99. The molecule has 0 aromatic carbocycles. The van der Waals surface area contributed by atoms with E-state index in [1.807, 2.05) is 5.38 Å². The number of hydrogen-bond acceptors (Lipinski definition) is 7. The van der Waals surface area contributed by atoms with Gasteiger partial charge in [-0.25, -0.2) is 13.4 Å². The number of nitrogens with zero attached hydrogens (tertiary/aromatic N) is 3. The Morgan fingerprint density at radius 1 is 1.41 bits per heavy atom. The van der Waals surface area contributed by atoms with E-state index in [0.717, 1.165) is 15.4 Å². The molecular weight excluding hydrogens is 342 g/mol. The van der Waals surface area contributed by atoms with Gasteiger partial charge in [0.2, 0.25) is 10.0 Å². The molecule has 0 bridgehead atoms. The molecule has 22 heavy (non-hydrogen) atoms. The maximum Gasteiger partial charge on any atom is 0.244 e. The fraction of sp³-hybridized carbons (Fsp3) is 0.231. The number of aromatic nitrogens is 2. The minimum Gasteiger partial charge on any atom is -0.355 e. The molecule has 6 nitrogen and oxygen atoms in total. The van der Waals surface area contributed by atoms with E-state index in [4.69, 9.17) is 4.52 Å². The van der Waals surface area contributed by atoms with Crippen LogP contribution in [0, 0.1) is 6.92 Å². The minimum atomic E-state index is -3.57. The Hall–Kier alpha value is -1.55. The number of sulfonamides is 1. The van der Waals surface area contributed by atoms with Crippen molar-refractivity contribution in [2.45, 2.75) is 18.4 Å². The molecule has 0 atom stereocenters. The summed E-state index contributed by atoms with van der Waals surface area (Å²) in [4.78, 5) is 5.88. The van der Waals surface area contributed by atoms with Crippen LogP contribution in [-0.2, 0) is 16.6 Å². The fourth-order valence-electron chi connectivity index (χ4n) is 1.98. The van der Waals surface area contributed by atoms with Gasteiger partial charge in [0.25, 0.3) is 0 Å². The zero-order valence-electron chi connectivity index (χ0n) is 11.9. The van der Waals surface area contributed by atoms with Crippen LogP contribution in [0.4, 0.5) is 0 Å². The fourth-order valence-corrected chi connectivity index (χ4v) is 5.19. The average molecular weight is 355 g/mol. The summed E-state index contributed by atoms with van der Waals surface area (Å²) in [6.07, 6.45) is 1.53. The van der Waals surface area contributed by atoms with E-state index in [0.29, 0.717) is 10.7 Å². The van der Waals surface area contributed by atoms with Gasteiger partial charge in [0.15, 0.2) is 5.76 Å². The lowest BCUT2D eigenvalue weighted by Gasteiger charge is -2.15.